The van der Waals surface area contributed by atoms with E-state index in [9.17, 15) is 14.0 Å². The standard InChI is InChI=1S/C23H28FN3O4/c1-3-31-20-7-5-4-6-18(20)23(29)25-15-22(28)27-12-10-26(11-13-27)16-17-8-9-21(30-2)19(24)14-17/h4-9,14H,3,10-13,15-16H2,1-2H3,(H,25,29). The van der Waals surface area contributed by atoms with Crippen LogP contribution < -0.4 is 14.8 Å². The molecule has 0 spiro atoms. The number of carbonyl (C=O) groups excluding carboxylic acids is 2. The third-order valence-electron chi connectivity index (χ3n) is 5.18. The number of hydrogen-bond acceptors (Lipinski definition) is 5. The zero-order valence-corrected chi connectivity index (χ0v) is 17.9. The van der Waals surface area contributed by atoms with E-state index in [1.165, 1.54) is 13.2 Å². The molecule has 0 atom stereocenters. The molecule has 0 bridgehead atoms. The first-order valence-electron chi connectivity index (χ1n) is 10.3. The zero-order valence-electron chi connectivity index (χ0n) is 17.9. The first-order chi connectivity index (χ1) is 15.0. The van der Waals surface area contributed by atoms with Crippen molar-refractivity contribution >= 4 is 11.8 Å². The molecule has 31 heavy (non-hydrogen) atoms. The number of amides is 2. The van der Waals surface area contributed by atoms with E-state index in [0.717, 1.165) is 5.56 Å². The molecular formula is C23H28FN3O4. The highest BCUT2D eigenvalue weighted by Gasteiger charge is 2.22. The number of methoxy groups -OCH3 is 1. The Hall–Kier alpha value is -3.13. The van der Waals surface area contributed by atoms with E-state index in [4.69, 9.17) is 9.47 Å². The van der Waals surface area contributed by atoms with E-state index >= 15 is 0 Å². The largest absolute Gasteiger partial charge is 0.494 e. The van der Waals surface area contributed by atoms with Crippen LogP contribution in [-0.4, -0.2) is 68.1 Å². The Kier molecular flexibility index (Phi) is 7.83. The van der Waals surface area contributed by atoms with Gasteiger partial charge in [-0.15, -0.1) is 0 Å². The molecule has 0 aliphatic carbocycles. The number of benzene rings is 2. The van der Waals surface area contributed by atoms with Gasteiger partial charge in [-0.25, -0.2) is 4.39 Å². The van der Waals surface area contributed by atoms with E-state index in [1.807, 2.05) is 13.0 Å². The molecule has 2 aromatic carbocycles. The number of nitrogens with zero attached hydrogens (tertiary/aromatic N) is 2. The molecule has 7 nitrogen and oxygen atoms in total. The monoisotopic (exact) mass is 429 g/mol. The van der Waals surface area contributed by atoms with Gasteiger partial charge in [0.2, 0.25) is 5.91 Å². The maximum Gasteiger partial charge on any atom is 0.255 e. The Morgan fingerprint density at radius 1 is 1.06 bits per heavy atom. The Morgan fingerprint density at radius 3 is 2.48 bits per heavy atom. The van der Waals surface area contributed by atoms with Gasteiger partial charge in [0.05, 0.1) is 25.8 Å². The van der Waals surface area contributed by atoms with E-state index < -0.39 is 0 Å². The van der Waals surface area contributed by atoms with Gasteiger partial charge in [0, 0.05) is 32.7 Å². The van der Waals surface area contributed by atoms with Gasteiger partial charge < -0.3 is 19.7 Å². The van der Waals surface area contributed by atoms with Crippen molar-refractivity contribution in [2.45, 2.75) is 13.5 Å². The minimum Gasteiger partial charge on any atom is -0.494 e. The molecule has 3 rings (SSSR count). The van der Waals surface area contributed by atoms with Crippen molar-refractivity contribution in [3.05, 3.63) is 59.4 Å². The maximum atomic E-state index is 13.9. The zero-order chi connectivity index (χ0) is 22.2. The summed E-state index contributed by atoms with van der Waals surface area (Å²) in [4.78, 5) is 28.9. The molecule has 1 saturated heterocycles. The number of nitrogens with one attached hydrogen (secondary N) is 1. The second kappa shape index (κ2) is 10.8. The van der Waals surface area contributed by atoms with Gasteiger partial charge >= 0.3 is 0 Å². The molecule has 0 unspecified atom stereocenters. The van der Waals surface area contributed by atoms with Crippen molar-refractivity contribution < 1.29 is 23.5 Å². The van der Waals surface area contributed by atoms with Gasteiger partial charge in [-0.1, -0.05) is 18.2 Å². The van der Waals surface area contributed by atoms with Crippen LogP contribution in [0, 0.1) is 5.82 Å². The summed E-state index contributed by atoms with van der Waals surface area (Å²) in [5, 5.41) is 2.69. The minimum atomic E-state index is -0.379. The summed E-state index contributed by atoms with van der Waals surface area (Å²) in [5.74, 6) is -0.117. The highest BCUT2D eigenvalue weighted by atomic mass is 19.1. The van der Waals surface area contributed by atoms with Crippen LogP contribution in [0.25, 0.3) is 0 Å². The fraction of sp³-hybridized carbons (Fsp3) is 0.391. The Bertz CT molecular complexity index is 913. The molecule has 2 amide bonds. The Balaban J connectivity index is 1.46. The van der Waals surface area contributed by atoms with E-state index in [1.54, 1.807) is 35.2 Å². The SMILES string of the molecule is CCOc1ccccc1C(=O)NCC(=O)N1CCN(Cc2ccc(OC)c(F)c2)CC1. The first-order valence-corrected chi connectivity index (χ1v) is 10.3. The van der Waals surface area contributed by atoms with E-state index in [2.05, 4.69) is 10.2 Å². The smallest absolute Gasteiger partial charge is 0.255 e. The highest BCUT2D eigenvalue weighted by Crippen LogP contribution is 2.19. The van der Waals surface area contributed by atoms with E-state index in [-0.39, 0.29) is 29.9 Å². The van der Waals surface area contributed by atoms with Crippen LogP contribution >= 0.6 is 0 Å². The Morgan fingerprint density at radius 2 is 1.81 bits per heavy atom. The molecule has 8 heteroatoms. The van der Waals surface area contributed by atoms with Gasteiger partial charge in [-0.3, -0.25) is 14.5 Å². The predicted octanol–water partition coefficient (Wildman–Crippen LogP) is 2.31. The van der Waals surface area contributed by atoms with Crippen molar-refractivity contribution in [2.75, 3.05) is 46.4 Å². The average molecular weight is 429 g/mol. The molecule has 1 fully saturated rings. The summed E-state index contributed by atoms with van der Waals surface area (Å²) in [5.41, 5.74) is 1.27. The van der Waals surface area contributed by atoms with E-state index in [0.29, 0.717) is 50.6 Å². The van der Waals surface area contributed by atoms with Crippen LogP contribution in [0.4, 0.5) is 4.39 Å². The lowest BCUT2D eigenvalue weighted by Crippen LogP contribution is -2.50. The summed E-state index contributed by atoms with van der Waals surface area (Å²) in [6, 6.07) is 11.9. The van der Waals surface area contributed by atoms with Gasteiger partial charge in [0.1, 0.15) is 5.75 Å². The van der Waals surface area contributed by atoms with Crippen LogP contribution in [0.3, 0.4) is 0 Å². The number of piperazine rings is 1. The van der Waals surface area contributed by atoms with Crippen LogP contribution in [0.1, 0.15) is 22.8 Å². The summed E-state index contributed by atoms with van der Waals surface area (Å²) in [7, 11) is 1.44. The lowest BCUT2D eigenvalue weighted by atomic mass is 10.1. The maximum absolute atomic E-state index is 13.9. The second-order valence-electron chi connectivity index (χ2n) is 7.24. The fourth-order valence-corrected chi connectivity index (χ4v) is 3.52. The molecule has 0 saturated carbocycles. The number of ether oxygens (including phenoxy) is 2. The van der Waals surface area contributed by atoms with Crippen LogP contribution in [0.15, 0.2) is 42.5 Å². The van der Waals surface area contributed by atoms with Gasteiger partial charge in [-0.05, 0) is 36.8 Å². The van der Waals surface area contributed by atoms with Crippen LogP contribution in [0.2, 0.25) is 0 Å². The molecule has 1 N–H and O–H groups in total. The lowest BCUT2D eigenvalue weighted by molar-refractivity contribution is -0.131. The quantitative estimate of drug-likeness (QED) is 0.697. The first kappa shape index (κ1) is 22.6. The number of carbonyl (C=O) groups is 2. The second-order valence-corrected chi connectivity index (χ2v) is 7.24. The van der Waals surface area contributed by atoms with Crippen molar-refractivity contribution in [3.63, 3.8) is 0 Å². The lowest BCUT2D eigenvalue weighted by Gasteiger charge is -2.34. The molecular weight excluding hydrogens is 401 g/mol. The molecule has 1 aliphatic rings. The van der Waals surface area contributed by atoms with Gasteiger partial charge in [-0.2, -0.15) is 0 Å². The molecule has 0 radical (unpaired) electrons. The summed E-state index contributed by atoms with van der Waals surface area (Å²) in [6.07, 6.45) is 0. The third-order valence-corrected chi connectivity index (χ3v) is 5.18. The number of para-hydroxylation sites is 1. The summed E-state index contributed by atoms with van der Waals surface area (Å²) < 4.78 is 24.3. The number of rotatable bonds is 8. The van der Waals surface area contributed by atoms with Crippen molar-refractivity contribution in [1.82, 2.24) is 15.1 Å². The Labute approximate surface area is 181 Å². The van der Waals surface area contributed by atoms with Crippen molar-refractivity contribution in [3.8, 4) is 11.5 Å². The fourth-order valence-electron chi connectivity index (χ4n) is 3.52. The van der Waals surface area contributed by atoms with Crippen LogP contribution in [0.5, 0.6) is 11.5 Å². The normalized spacial score (nSPS) is 14.2. The van der Waals surface area contributed by atoms with Crippen molar-refractivity contribution in [1.29, 1.82) is 0 Å². The average Bonchev–Trinajstić information content (AvgIpc) is 2.78. The minimum absolute atomic E-state index is 0.0665. The number of halogens is 1. The summed E-state index contributed by atoms with van der Waals surface area (Å²) >= 11 is 0. The third kappa shape index (κ3) is 5.95. The van der Waals surface area contributed by atoms with Gasteiger partial charge in [0.15, 0.2) is 11.6 Å². The topological polar surface area (TPSA) is 71.1 Å². The predicted molar refractivity (Wildman–Crippen MR) is 115 cm³/mol. The highest BCUT2D eigenvalue weighted by molar-refractivity contribution is 5.98. The molecule has 1 aliphatic heterocycles. The molecule has 0 aromatic heterocycles. The molecule has 166 valence electrons. The van der Waals surface area contributed by atoms with Crippen molar-refractivity contribution in [2.24, 2.45) is 0 Å². The number of hydrogen-bond donors (Lipinski definition) is 1. The van der Waals surface area contributed by atoms with Crippen LogP contribution in [-0.2, 0) is 11.3 Å². The van der Waals surface area contributed by atoms with Gasteiger partial charge in [0.25, 0.3) is 5.91 Å². The summed E-state index contributed by atoms with van der Waals surface area (Å²) in [6.45, 7) is 5.32. The molecule has 2 aromatic rings. The molecule has 1 heterocycles.